The Kier molecular flexibility index (Phi) is 4.14. The zero-order chi connectivity index (χ0) is 13.0. The lowest BCUT2D eigenvalue weighted by molar-refractivity contribution is -0.137. The number of halogens is 2. The van der Waals surface area contributed by atoms with Gasteiger partial charge in [0.25, 0.3) is 0 Å². The van der Waals surface area contributed by atoms with E-state index in [1.807, 2.05) is 0 Å². The molecule has 0 radical (unpaired) electrons. The van der Waals surface area contributed by atoms with Crippen molar-refractivity contribution in [2.45, 2.75) is 19.8 Å². The number of hydrogen-bond acceptors (Lipinski definition) is 3. The third kappa shape index (κ3) is 3.82. The first-order valence-corrected chi connectivity index (χ1v) is 4.78. The molecule has 4 nitrogen and oxygen atoms in total. The number of benzene rings is 1. The van der Waals surface area contributed by atoms with Crippen LogP contribution in [0.4, 0.5) is 8.78 Å². The Balaban J connectivity index is 3.02. The first-order chi connectivity index (χ1) is 7.90. The number of carboxylic acid groups (broad SMARTS) is 1. The molecule has 92 valence electrons. The van der Waals surface area contributed by atoms with Crippen molar-refractivity contribution in [1.82, 2.24) is 0 Å². The van der Waals surface area contributed by atoms with Crippen LogP contribution in [0.5, 0.6) is 5.75 Å². The molecule has 1 aromatic rings. The summed E-state index contributed by atoms with van der Waals surface area (Å²) in [5.41, 5.74) is 0.140. The van der Waals surface area contributed by atoms with E-state index in [1.54, 1.807) is 0 Å². The standard InChI is InChI=1S/C11H10F2O4/c1-6(14)17-10-5-9(13)8(12)4-7(10)2-3-11(15)16/h4-5H,2-3H2,1H3,(H,15,16). The molecule has 0 amide bonds. The fourth-order valence-electron chi connectivity index (χ4n) is 1.26. The molecule has 0 heterocycles. The van der Waals surface area contributed by atoms with E-state index in [0.29, 0.717) is 0 Å². The molecule has 0 aromatic heterocycles. The van der Waals surface area contributed by atoms with Gasteiger partial charge in [-0.3, -0.25) is 9.59 Å². The Morgan fingerprint density at radius 3 is 2.41 bits per heavy atom. The molecule has 0 bridgehead atoms. The smallest absolute Gasteiger partial charge is 0.308 e. The number of carboxylic acids is 1. The van der Waals surface area contributed by atoms with Crippen molar-refractivity contribution in [3.05, 3.63) is 29.3 Å². The Labute approximate surface area is 95.8 Å². The fourth-order valence-corrected chi connectivity index (χ4v) is 1.26. The van der Waals surface area contributed by atoms with Crippen LogP contribution in [0, 0.1) is 11.6 Å². The number of aryl methyl sites for hydroxylation is 1. The number of rotatable bonds is 4. The summed E-state index contributed by atoms with van der Waals surface area (Å²) >= 11 is 0. The van der Waals surface area contributed by atoms with E-state index >= 15 is 0 Å². The van der Waals surface area contributed by atoms with Gasteiger partial charge in [0.05, 0.1) is 0 Å². The van der Waals surface area contributed by atoms with E-state index in [0.717, 1.165) is 19.1 Å². The summed E-state index contributed by atoms with van der Waals surface area (Å²) in [6.45, 7) is 1.11. The summed E-state index contributed by atoms with van der Waals surface area (Å²) in [6.07, 6.45) is -0.311. The topological polar surface area (TPSA) is 63.6 Å². The van der Waals surface area contributed by atoms with Gasteiger partial charge in [-0.05, 0) is 18.1 Å². The van der Waals surface area contributed by atoms with E-state index in [-0.39, 0.29) is 24.2 Å². The molecule has 0 atom stereocenters. The van der Waals surface area contributed by atoms with Gasteiger partial charge < -0.3 is 9.84 Å². The maximum atomic E-state index is 13.0. The van der Waals surface area contributed by atoms with Gasteiger partial charge in [-0.1, -0.05) is 0 Å². The number of esters is 1. The highest BCUT2D eigenvalue weighted by Gasteiger charge is 2.13. The number of ether oxygens (including phenoxy) is 1. The predicted molar refractivity (Wildman–Crippen MR) is 53.6 cm³/mol. The summed E-state index contributed by atoms with van der Waals surface area (Å²) in [5, 5.41) is 8.50. The largest absolute Gasteiger partial charge is 0.481 e. The van der Waals surface area contributed by atoms with Crippen LogP contribution in [0.25, 0.3) is 0 Å². The molecule has 0 unspecified atom stereocenters. The molecule has 1 N–H and O–H groups in total. The lowest BCUT2D eigenvalue weighted by Gasteiger charge is -2.08. The fraction of sp³-hybridized carbons (Fsp3) is 0.273. The summed E-state index contributed by atoms with van der Waals surface area (Å²) in [5.74, 6) is -4.18. The van der Waals surface area contributed by atoms with Crippen LogP contribution >= 0.6 is 0 Å². The maximum absolute atomic E-state index is 13.0. The molecule has 17 heavy (non-hydrogen) atoms. The minimum absolute atomic E-state index is 0.0465. The quantitative estimate of drug-likeness (QED) is 0.649. The van der Waals surface area contributed by atoms with Crippen molar-refractivity contribution in [3.63, 3.8) is 0 Å². The van der Waals surface area contributed by atoms with E-state index < -0.39 is 23.6 Å². The van der Waals surface area contributed by atoms with E-state index in [2.05, 4.69) is 4.74 Å². The van der Waals surface area contributed by atoms with Crippen molar-refractivity contribution in [2.24, 2.45) is 0 Å². The molecule has 0 fully saturated rings. The molecule has 0 spiro atoms. The lowest BCUT2D eigenvalue weighted by Crippen LogP contribution is -2.07. The first kappa shape index (κ1) is 13.1. The van der Waals surface area contributed by atoms with Gasteiger partial charge in [-0.15, -0.1) is 0 Å². The molecular formula is C11H10F2O4. The molecule has 0 aliphatic rings. The molecular weight excluding hydrogens is 234 g/mol. The highest BCUT2D eigenvalue weighted by molar-refractivity contribution is 5.70. The highest BCUT2D eigenvalue weighted by Crippen LogP contribution is 2.24. The maximum Gasteiger partial charge on any atom is 0.308 e. The monoisotopic (exact) mass is 244 g/mol. The average molecular weight is 244 g/mol. The Morgan fingerprint density at radius 1 is 1.29 bits per heavy atom. The van der Waals surface area contributed by atoms with Crippen LogP contribution in [0.1, 0.15) is 18.9 Å². The second-order valence-electron chi connectivity index (χ2n) is 3.36. The van der Waals surface area contributed by atoms with Crippen molar-refractivity contribution < 1.29 is 28.2 Å². The average Bonchev–Trinajstić information content (AvgIpc) is 2.20. The van der Waals surface area contributed by atoms with Gasteiger partial charge in [-0.25, -0.2) is 8.78 Å². The minimum Gasteiger partial charge on any atom is -0.481 e. The summed E-state index contributed by atoms with van der Waals surface area (Å²) in [4.78, 5) is 21.1. The molecule has 1 aromatic carbocycles. The van der Waals surface area contributed by atoms with Crippen LogP contribution in [-0.4, -0.2) is 17.0 Å². The van der Waals surface area contributed by atoms with Crippen molar-refractivity contribution in [3.8, 4) is 5.75 Å². The van der Waals surface area contributed by atoms with E-state index in [9.17, 15) is 18.4 Å². The molecule has 1 rings (SSSR count). The van der Waals surface area contributed by atoms with Gasteiger partial charge in [-0.2, -0.15) is 0 Å². The Morgan fingerprint density at radius 2 is 1.88 bits per heavy atom. The zero-order valence-electron chi connectivity index (χ0n) is 9.00. The zero-order valence-corrected chi connectivity index (χ0v) is 9.00. The normalized spacial score (nSPS) is 10.1. The van der Waals surface area contributed by atoms with E-state index in [4.69, 9.17) is 5.11 Å². The third-order valence-electron chi connectivity index (χ3n) is 1.97. The molecule has 6 heteroatoms. The second kappa shape index (κ2) is 5.38. The van der Waals surface area contributed by atoms with Gasteiger partial charge in [0, 0.05) is 19.4 Å². The minimum atomic E-state index is -1.15. The molecule has 0 aliphatic heterocycles. The van der Waals surface area contributed by atoms with Gasteiger partial charge in [0.15, 0.2) is 11.6 Å². The van der Waals surface area contributed by atoms with Gasteiger partial charge in [0.2, 0.25) is 0 Å². The number of aliphatic carboxylic acids is 1. The van der Waals surface area contributed by atoms with Crippen molar-refractivity contribution in [1.29, 1.82) is 0 Å². The van der Waals surface area contributed by atoms with E-state index in [1.165, 1.54) is 0 Å². The highest BCUT2D eigenvalue weighted by atomic mass is 19.2. The summed E-state index contributed by atoms with van der Waals surface area (Å²) in [7, 11) is 0. The van der Waals surface area contributed by atoms with Gasteiger partial charge in [0.1, 0.15) is 5.75 Å². The van der Waals surface area contributed by atoms with Crippen molar-refractivity contribution in [2.75, 3.05) is 0 Å². The molecule has 0 aliphatic carbocycles. The summed E-state index contributed by atoms with van der Waals surface area (Å²) in [6, 6.07) is 1.56. The van der Waals surface area contributed by atoms with Crippen molar-refractivity contribution >= 4 is 11.9 Å². The van der Waals surface area contributed by atoms with Gasteiger partial charge >= 0.3 is 11.9 Å². The lowest BCUT2D eigenvalue weighted by atomic mass is 10.1. The first-order valence-electron chi connectivity index (χ1n) is 4.78. The second-order valence-corrected chi connectivity index (χ2v) is 3.36. The van der Waals surface area contributed by atoms with Crippen LogP contribution in [0.2, 0.25) is 0 Å². The molecule has 0 saturated heterocycles. The van der Waals surface area contributed by atoms with Crippen LogP contribution in [0.15, 0.2) is 12.1 Å². The van der Waals surface area contributed by atoms with Crippen LogP contribution in [-0.2, 0) is 16.0 Å². The number of carbonyl (C=O) groups is 2. The van der Waals surface area contributed by atoms with Crippen LogP contribution in [0.3, 0.4) is 0 Å². The number of carbonyl (C=O) groups excluding carboxylic acids is 1. The predicted octanol–water partition coefficient (Wildman–Crippen LogP) is 1.91. The summed E-state index contributed by atoms with van der Waals surface area (Å²) < 4.78 is 30.6. The Bertz CT molecular complexity index is 457. The van der Waals surface area contributed by atoms with Crippen LogP contribution < -0.4 is 4.74 Å². The SMILES string of the molecule is CC(=O)Oc1cc(F)c(F)cc1CCC(=O)O. The Hall–Kier alpha value is -1.98. The molecule has 0 saturated carbocycles. The number of hydrogen-bond donors (Lipinski definition) is 1. The third-order valence-corrected chi connectivity index (χ3v) is 1.97.